The van der Waals surface area contributed by atoms with Crippen molar-refractivity contribution in [1.29, 1.82) is 0 Å². The quantitative estimate of drug-likeness (QED) is 0.632. The van der Waals surface area contributed by atoms with Gasteiger partial charge in [-0.15, -0.1) is 0 Å². The average Bonchev–Trinajstić information content (AvgIpc) is 2.16. The number of rotatable bonds is 3. The SMILES string of the molecule is COc1cc(I)c(C=O)c(OC)c1. The highest BCUT2D eigenvalue weighted by molar-refractivity contribution is 14.1. The van der Waals surface area contributed by atoms with E-state index in [1.165, 1.54) is 7.11 Å². The number of ether oxygens (including phenoxy) is 2. The lowest BCUT2D eigenvalue weighted by atomic mass is 10.2. The van der Waals surface area contributed by atoms with Crippen molar-refractivity contribution in [1.82, 2.24) is 0 Å². The molecule has 0 aliphatic heterocycles. The molecule has 0 radical (unpaired) electrons. The number of carbonyl (C=O) groups is 1. The summed E-state index contributed by atoms with van der Waals surface area (Å²) in [5, 5.41) is 0. The van der Waals surface area contributed by atoms with Crippen molar-refractivity contribution >= 4 is 28.9 Å². The molecule has 0 heterocycles. The number of aldehydes is 1. The maximum absolute atomic E-state index is 10.7. The molecule has 0 amide bonds. The molecule has 1 rings (SSSR count). The Hall–Kier alpha value is -0.780. The van der Waals surface area contributed by atoms with Gasteiger partial charge in [0.2, 0.25) is 0 Å². The summed E-state index contributed by atoms with van der Waals surface area (Å²) in [6.45, 7) is 0. The Morgan fingerprint density at radius 3 is 2.46 bits per heavy atom. The van der Waals surface area contributed by atoms with Crippen LogP contribution in [0.15, 0.2) is 12.1 Å². The summed E-state index contributed by atoms with van der Waals surface area (Å²) in [6, 6.07) is 3.47. The van der Waals surface area contributed by atoms with Crippen molar-refractivity contribution in [3.8, 4) is 11.5 Å². The van der Waals surface area contributed by atoms with Gasteiger partial charge in [-0.3, -0.25) is 4.79 Å². The van der Waals surface area contributed by atoms with Crippen LogP contribution in [0.5, 0.6) is 11.5 Å². The standard InChI is InChI=1S/C9H9IO3/c1-12-6-3-8(10)7(5-11)9(4-6)13-2/h3-5H,1-2H3. The molecule has 0 aliphatic carbocycles. The third kappa shape index (κ3) is 2.12. The fraction of sp³-hybridized carbons (Fsp3) is 0.222. The predicted octanol–water partition coefficient (Wildman–Crippen LogP) is 2.12. The lowest BCUT2D eigenvalue weighted by Gasteiger charge is -2.07. The van der Waals surface area contributed by atoms with Crippen molar-refractivity contribution in [2.45, 2.75) is 0 Å². The maximum atomic E-state index is 10.7. The molecule has 0 fully saturated rings. The Morgan fingerprint density at radius 2 is 2.00 bits per heavy atom. The normalized spacial score (nSPS) is 9.46. The number of methoxy groups -OCH3 is 2. The van der Waals surface area contributed by atoms with Crippen molar-refractivity contribution in [3.05, 3.63) is 21.3 Å². The first-order chi connectivity index (χ1) is 6.22. The zero-order valence-corrected chi connectivity index (χ0v) is 9.49. The highest BCUT2D eigenvalue weighted by Gasteiger charge is 2.08. The van der Waals surface area contributed by atoms with Crippen molar-refractivity contribution < 1.29 is 14.3 Å². The van der Waals surface area contributed by atoms with Gasteiger partial charge in [-0.2, -0.15) is 0 Å². The summed E-state index contributed by atoms with van der Waals surface area (Å²) >= 11 is 2.07. The molecule has 0 saturated carbocycles. The van der Waals surface area contributed by atoms with Gasteiger partial charge in [0.05, 0.1) is 19.8 Å². The van der Waals surface area contributed by atoms with Crippen molar-refractivity contribution in [3.63, 3.8) is 0 Å². The minimum atomic E-state index is 0.541. The Morgan fingerprint density at radius 1 is 1.31 bits per heavy atom. The molecular weight excluding hydrogens is 283 g/mol. The molecule has 13 heavy (non-hydrogen) atoms. The number of benzene rings is 1. The first-order valence-corrected chi connectivity index (χ1v) is 4.67. The van der Waals surface area contributed by atoms with Crippen LogP contribution in [0.1, 0.15) is 10.4 Å². The van der Waals surface area contributed by atoms with Crippen LogP contribution in [0, 0.1) is 3.57 Å². The predicted molar refractivity (Wildman–Crippen MR) is 57.7 cm³/mol. The van der Waals surface area contributed by atoms with Gasteiger partial charge in [-0.1, -0.05) is 0 Å². The number of hydrogen-bond acceptors (Lipinski definition) is 3. The van der Waals surface area contributed by atoms with E-state index in [9.17, 15) is 4.79 Å². The van der Waals surface area contributed by atoms with Crippen LogP contribution in [-0.4, -0.2) is 20.5 Å². The molecule has 0 saturated heterocycles. The molecule has 0 aliphatic rings. The van der Waals surface area contributed by atoms with Gasteiger partial charge in [-0.05, 0) is 28.7 Å². The zero-order valence-electron chi connectivity index (χ0n) is 7.33. The molecule has 0 aromatic heterocycles. The number of carbonyl (C=O) groups excluding carboxylic acids is 1. The molecule has 3 nitrogen and oxygen atoms in total. The van der Waals surface area contributed by atoms with Crippen LogP contribution in [0.2, 0.25) is 0 Å². The highest BCUT2D eigenvalue weighted by atomic mass is 127. The van der Waals surface area contributed by atoms with Gasteiger partial charge in [0.1, 0.15) is 11.5 Å². The molecule has 1 aromatic rings. The molecule has 70 valence electrons. The summed E-state index contributed by atoms with van der Waals surface area (Å²) in [5.41, 5.74) is 0.559. The zero-order chi connectivity index (χ0) is 9.84. The minimum absolute atomic E-state index is 0.541. The summed E-state index contributed by atoms with van der Waals surface area (Å²) < 4.78 is 10.9. The largest absolute Gasteiger partial charge is 0.497 e. The summed E-state index contributed by atoms with van der Waals surface area (Å²) in [5.74, 6) is 1.23. The average molecular weight is 292 g/mol. The van der Waals surface area contributed by atoms with E-state index in [2.05, 4.69) is 22.6 Å². The second-order valence-electron chi connectivity index (χ2n) is 2.34. The van der Waals surface area contributed by atoms with E-state index in [1.54, 1.807) is 19.2 Å². The first-order valence-electron chi connectivity index (χ1n) is 3.59. The Bertz CT molecular complexity index is 323. The second kappa shape index (κ2) is 4.45. The van der Waals surface area contributed by atoms with E-state index in [-0.39, 0.29) is 0 Å². The van der Waals surface area contributed by atoms with Gasteiger partial charge in [-0.25, -0.2) is 0 Å². The maximum Gasteiger partial charge on any atom is 0.154 e. The fourth-order valence-electron chi connectivity index (χ4n) is 0.970. The number of hydrogen-bond donors (Lipinski definition) is 0. The summed E-state index contributed by atoms with van der Waals surface area (Å²) in [4.78, 5) is 10.7. The van der Waals surface area contributed by atoms with E-state index >= 15 is 0 Å². The Balaban J connectivity index is 3.28. The fourth-order valence-corrected chi connectivity index (χ4v) is 1.67. The van der Waals surface area contributed by atoms with E-state index in [1.807, 2.05) is 0 Å². The summed E-state index contributed by atoms with van der Waals surface area (Å²) in [6.07, 6.45) is 0.778. The van der Waals surface area contributed by atoms with Gasteiger partial charge < -0.3 is 9.47 Å². The van der Waals surface area contributed by atoms with Crippen molar-refractivity contribution in [2.75, 3.05) is 14.2 Å². The first kappa shape index (κ1) is 10.3. The second-order valence-corrected chi connectivity index (χ2v) is 3.51. The van der Waals surface area contributed by atoms with E-state index in [0.717, 1.165) is 9.86 Å². The lowest BCUT2D eigenvalue weighted by Crippen LogP contribution is -1.95. The monoisotopic (exact) mass is 292 g/mol. The van der Waals surface area contributed by atoms with E-state index in [0.29, 0.717) is 17.1 Å². The lowest BCUT2D eigenvalue weighted by molar-refractivity contribution is 0.111. The molecule has 1 aromatic carbocycles. The highest BCUT2D eigenvalue weighted by Crippen LogP contribution is 2.28. The van der Waals surface area contributed by atoms with Crippen LogP contribution in [0.3, 0.4) is 0 Å². The van der Waals surface area contributed by atoms with E-state index in [4.69, 9.17) is 9.47 Å². The van der Waals surface area contributed by atoms with Gasteiger partial charge in [0, 0.05) is 9.64 Å². The topological polar surface area (TPSA) is 35.5 Å². The molecule has 0 bridgehead atoms. The van der Waals surface area contributed by atoms with Crippen LogP contribution in [0.25, 0.3) is 0 Å². The van der Waals surface area contributed by atoms with Gasteiger partial charge >= 0.3 is 0 Å². The van der Waals surface area contributed by atoms with Gasteiger partial charge in [0.25, 0.3) is 0 Å². The third-order valence-corrected chi connectivity index (χ3v) is 2.53. The smallest absolute Gasteiger partial charge is 0.154 e. The third-order valence-electron chi connectivity index (χ3n) is 1.64. The van der Waals surface area contributed by atoms with E-state index < -0.39 is 0 Å². The van der Waals surface area contributed by atoms with Crippen LogP contribution in [-0.2, 0) is 0 Å². The number of halogens is 1. The molecular formula is C9H9IO3. The van der Waals surface area contributed by atoms with Gasteiger partial charge in [0.15, 0.2) is 6.29 Å². The van der Waals surface area contributed by atoms with Crippen LogP contribution in [0.4, 0.5) is 0 Å². The van der Waals surface area contributed by atoms with Crippen LogP contribution < -0.4 is 9.47 Å². The molecule has 4 heteroatoms. The minimum Gasteiger partial charge on any atom is -0.497 e. The molecule has 0 spiro atoms. The summed E-state index contributed by atoms with van der Waals surface area (Å²) in [7, 11) is 3.10. The Kier molecular flexibility index (Phi) is 3.53. The molecule has 0 N–H and O–H groups in total. The Labute approximate surface area is 90.2 Å². The molecule has 0 unspecified atom stereocenters. The van der Waals surface area contributed by atoms with Crippen LogP contribution >= 0.6 is 22.6 Å². The molecule has 0 atom stereocenters. The van der Waals surface area contributed by atoms with Crippen molar-refractivity contribution in [2.24, 2.45) is 0 Å².